The van der Waals surface area contributed by atoms with E-state index in [0.29, 0.717) is 18.0 Å². The Kier molecular flexibility index (Phi) is 5.11. The molecule has 0 bridgehead atoms. The number of benzene rings is 1. The SMILES string of the molecule is Cc1nc(C2CC2)nc2sc(C(=O)N3CCCN(c4ccc(C#N)cc4)CC3)c(C)c12. The zero-order chi connectivity index (χ0) is 21.5. The molecule has 2 aromatic heterocycles. The highest BCUT2D eigenvalue weighted by Crippen LogP contribution is 2.40. The Balaban J connectivity index is 1.36. The predicted molar refractivity (Wildman–Crippen MR) is 123 cm³/mol. The standard InChI is InChI=1S/C24H25N5OS/c1-15-20-16(2)26-22(18-6-7-18)27-23(20)31-21(15)24(30)29-11-3-10-28(12-13-29)19-8-4-17(14-25)5-9-19/h4-5,8-9,18H,3,6-7,10-13H2,1-2H3. The van der Waals surface area contributed by atoms with Crippen LogP contribution in [0.15, 0.2) is 24.3 Å². The van der Waals surface area contributed by atoms with Crippen LogP contribution in [0.4, 0.5) is 5.69 Å². The van der Waals surface area contributed by atoms with Crippen molar-refractivity contribution >= 4 is 33.1 Å². The number of anilines is 1. The molecule has 3 aromatic rings. The fourth-order valence-electron chi connectivity index (χ4n) is 4.36. The number of carbonyl (C=O) groups is 1. The number of aromatic nitrogens is 2. The van der Waals surface area contributed by atoms with E-state index in [4.69, 9.17) is 15.2 Å². The van der Waals surface area contributed by atoms with E-state index < -0.39 is 0 Å². The lowest BCUT2D eigenvalue weighted by Gasteiger charge is -2.23. The summed E-state index contributed by atoms with van der Waals surface area (Å²) in [5, 5.41) is 10.1. The first-order valence-corrected chi connectivity index (χ1v) is 11.7. The number of hydrogen-bond acceptors (Lipinski definition) is 6. The van der Waals surface area contributed by atoms with Crippen molar-refractivity contribution in [2.75, 3.05) is 31.1 Å². The molecule has 0 unspecified atom stereocenters. The van der Waals surface area contributed by atoms with Crippen LogP contribution in [0.2, 0.25) is 0 Å². The van der Waals surface area contributed by atoms with E-state index in [1.54, 1.807) is 0 Å². The van der Waals surface area contributed by atoms with Crippen LogP contribution >= 0.6 is 11.3 Å². The summed E-state index contributed by atoms with van der Waals surface area (Å²) in [5.74, 6) is 1.55. The Morgan fingerprint density at radius 1 is 1.10 bits per heavy atom. The van der Waals surface area contributed by atoms with Crippen molar-refractivity contribution in [1.82, 2.24) is 14.9 Å². The second kappa shape index (κ2) is 7.93. The molecular weight excluding hydrogens is 406 g/mol. The normalized spacial score (nSPS) is 16.9. The van der Waals surface area contributed by atoms with Crippen molar-refractivity contribution in [3.8, 4) is 6.07 Å². The van der Waals surface area contributed by atoms with Gasteiger partial charge in [0, 0.05) is 43.2 Å². The maximum Gasteiger partial charge on any atom is 0.264 e. The summed E-state index contributed by atoms with van der Waals surface area (Å²) < 4.78 is 0. The zero-order valence-corrected chi connectivity index (χ0v) is 18.7. The molecule has 0 spiro atoms. The van der Waals surface area contributed by atoms with E-state index in [2.05, 4.69) is 11.0 Å². The van der Waals surface area contributed by atoms with E-state index in [-0.39, 0.29) is 5.91 Å². The number of aryl methyl sites for hydroxylation is 2. The van der Waals surface area contributed by atoms with Gasteiger partial charge in [-0.3, -0.25) is 4.79 Å². The molecule has 1 amide bonds. The van der Waals surface area contributed by atoms with Crippen molar-refractivity contribution in [3.05, 3.63) is 51.8 Å². The van der Waals surface area contributed by atoms with Gasteiger partial charge in [-0.2, -0.15) is 5.26 Å². The molecular formula is C24H25N5OS. The summed E-state index contributed by atoms with van der Waals surface area (Å²) in [6.45, 7) is 7.18. The van der Waals surface area contributed by atoms with Crippen LogP contribution in [-0.4, -0.2) is 47.0 Å². The third kappa shape index (κ3) is 3.77. The lowest BCUT2D eigenvalue weighted by Crippen LogP contribution is -2.35. The number of thiophene rings is 1. The van der Waals surface area contributed by atoms with Crippen LogP contribution < -0.4 is 4.90 Å². The van der Waals surface area contributed by atoms with Crippen LogP contribution in [0.3, 0.4) is 0 Å². The highest BCUT2D eigenvalue weighted by Gasteiger charge is 2.29. The highest BCUT2D eigenvalue weighted by atomic mass is 32.1. The lowest BCUT2D eigenvalue weighted by molar-refractivity contribution is 0.0771. The Hall–Kier alpha value is -2.98. The smallest absolute Gasteiger partial charge is 0.264 e. The van der Waals surface area contributed by atoms with E-state index >= 15 is 0 Å². The Morgan fingerprint density at radius 2 is 1.87 bits per heavy atom. The number of amides is 1. The Bertz CT molecular complexity index is 1190. The number of rotatable bonds is 3. The Labute approximate surface area is 186 Å². The fourth-order valence-corrected chi connectivity index (χ4v) is 5.56. The minimum Gasteiger partial charge on any atom is -0.370 e. The lowest BCUT2D eigenvalue weighted by atomic mass is 10.1. The summed E-state index contributed by atoms with van der Waals surface area (Å²) in [7, 11) is 0. The molecule has 1 aliphatic carbocycles. The quantitative estimate of drug-likeness (QED) is 0.614. The molecule has 0 radical (unpaired) electrons. The van der Waals surface area contributed by atoms with Gasteiger partial charge in [-0.25, -0.2) is 9.97 Å². The monoisotopic (exact) mass is 431 g/mol. The first-order chi connectivity index (χ1) is 15.0. The molecule has 7 heteroatoms. The topological polar surface area (TPSA) is 73.1 Å². The molecule has 2 aliphatic rings. The molecule has 1 saturated heterocycles. The number of hydrogen-bond donors (Lipinski definition) is 0. The largest absolute Gasteiger partial charge is 0.370 e. The van der Waals surface area contributed by atoms with E-state index in [1.807, 2.05) is 43.0 Å². The predicted octanol–water partition coefficient (Wildman–Crippen LogP) is 4.41. The summed E-state index contributed by atoms with van der Waals surface area (Å²) in [5.41, 5.74) is 3.77. The van der Waals surface area contributed by atoms with E-state index in [0.717, 1.165) is 63.9 Å². The highest BCUT2D eigenvalue weighted by molar-refractivity contribution is 7.20. The number of carbonyl (C=O) groups excluding carboxylic acids is 1. The van der Waals surface area contributed by atoms with Crippen molar-refractivity contribution in [2.45, 2.75) is 39.0 Å². The van der Waals surface area contributed by atoms with Gasteiger partial charge in [0.1, 0.15) is 10.7 Å². The second-order valence-corrected chi connectivity index (χ2v) is 9.47. The van der Waals surface area contributed by atoms with Crippen LogP contribution in [0.5, 0.6) is 0 Å². The molecule has 31 heavy (non-hydrogen) atoms. The maximum atomic E-state index is 13.4. The third-order valence-corrected chi connectivity index (χ3v) is 7.44. The fraction of sp³-hybridized carbons (Fsp3) is 0.417. The van der Waals surface area contributed by atoms with Gasteiger partial charge >= 0.3 is 0 Å². The van der Waals surface area contributed by atoms with Gasteiger partial charge in [0.25, 0.3) is 5.91 Å². The molecule has 0 N–H and O–H groups in total. The molecule has 2 fully saturated rings. The summed E-state index contributed by atoms with van der Waals surface area (Å²) in [6.07, 6.45) is 3.26. The van der Waals surface area contributed by atoms with Gasteiger partial charge in [-0.1, -0.05) is 0 Å². The average Bonchev–Trinajstić information content (AvgIpc) is 3.60. The summed E-state index contributed by atoms with van der Waals surface area (Å²) in [6, 6.07) is 9.85. The van der Waals surface area contributed by atoms with E-state index in [9.17, 15) is 4.79 Å². The molecule has 1 saturated carbocycles. The van der Waals surface area contributed by atoms with Crippen LogP contribution in [0, 0.1) is 25.2 Å². The maximum absolute atomic E-state index is 13.4. The second-order valence-electron chi connectivity index (χ2n) is 8.47. The first-order valence-electron chi connectivity index (χ1n) is 10.9. The number of nitrogens with zero attached hydrogens (tertiary/aromatic N) is 5. The molecule has 1 aromatic carbocycles. The van der Waals surface area contributed by atoms with Crippen LogP contribution in [-0.2, 0) is 0 Å². The molecule has 5 rings (SSSR count). The molecule has 1 aliphatic heterocycles. The minimum atomic E-state index is 0.106. The average molecular weight is 432 g/mol. The number of fused-ring (bicyclic) bond motifs is 1. The van der Waals surface area contributed by atoms with Gasteiger partial charge in [-0.05, 0) is 62.9 Å². The first kappa shape index (κ1) is 20.0. The molecule has 3 heterocycles. The van der Waals surface area contributed by atoms with Gasteiger partial charge in [0.15, 0.2) is 0 Å². The Morgan fingerprint density at radius 3 is 2.58 bits per heavy atom. The zero-order valence-electron chi connectivity index (χ0n) is 17.9. The van der Waals surface area contributed by atoms with Crippen LogP contribution in [0.1, 0.15) is 57.5 Å². The molecule has 6 nitrogen and oxygen atoms in total. The molecule has 0 atom stereocenters. The number of nitriles is 1. The van der Waals surface area contributed by atoms with Gasteiger partial charge in [-0.15, -0.1) is 11.3 Å². The van der Waals surface area contributed by atoms with Crippen molar-refractivity contribution in [2.24, 2.45) is 0 Å². The minimum absolute atomic E-state index is 0.106. The van der Waals surface area contributed by atoms with Crippen molar-refractivity contribution in [3.63, 3.8) is 0 Å². The van der Waals surface area contributed by atoms with Gasteiger partial charge in [0.2, 0.25) is 0 Å². The van der Waals surface area contributed by atoms with Gasteiger partial charge < -0.3 is 9.80 Å². The van der Waals surface area contributed by atoms with Gasteiger partial charge in [0.05, 0.1) is 22.2 Å². The van der Waals surface area contributed by atoms with E-state index in [1.165, 1.54) is 24.2 Å². The van der Waals surface area contributed by atoms with Crippen molar-refractivity contribution in [1.29, 1.82) is 5.26 Å². The summed E-state index contributed by atoms with van der Waals surface area (Å²) >= 11 is 1.52. The van der Waals surface area contributed by atoms with Crippen molar-refractivity contribution < 1.29 is 4.79 Å². The molecule has 158 valence electrons. The summed E-state index contributed by atoms with van der Waals surface area (Å²) in [4.78, 5) is 29.0. The van der Waals surface area contributed by atoms with Crippen LogP contribution in [0.25, 0.3) is 10.2 Å². The third-order valence-electron chi connectivity index (χ3n) is 6.27.